The van der Waals surface area contributed by atoms with E-state index < -0.39 is 0 Å². The van der Waals surface area contributed by atoms with Gasteiger partial charge in [0.15, 0.2) is 0 Å². The maximum Gasteiger partial charge on any atom is 0.315 e. The minimum Gasteiger partial charge on any atom is -0.465 e. The molecule has 0 bridgehead atoms. The zero-order valence-electron chi connectivity index (χ0n) is 37.5. The van der Waals surface area contributed by atoms with Gasteiger partial charge in [0, 0.05) is 6.61 Å². The van der Waals surface area contributed by atoms with Crippen LogP contribution in [0.3, 0.4) is 0 Å². The first kappa shape index (κ1) is 55.6. The van der Waals surface area contributed by atoms with Gasteiger partial charge in [0.05, 0.1) is 24.7 Å². The molecule has 0 aromatic carbocycles. The summed E-state index contributed by atoms with van der Waals surface area (Å²) in [4.78, 5) is 26.8. The molecule has 0 aliphatic carbocycles. The molecule has 8 heteroatoms. The molecule has 1 N–H and O–H groups in total. The number of aliphatic hydroxyl groups excluding tert-OH is 1. The van der Waals surface area contributed by atoms with Crippen molar-refractivity contribution in [2.75, 3.05) is 62.5 Å². The Morgan fingerprint density at radius 3 is 1.02 bits per heavy atom. The van der Waals surface area contributed by atoms with Crippen molar-refractivity contribution in [3.05, 3.63) is 0 Å². The third kappa shape index (κ3) is 46.3. The Hall–Kier alpha value is -0.440. The number of thioether (sulfide) groups is 2. The minimum absolute atomic E-state index is 0.0543. The van der Waals surface area contributed by atoms with E-state index in [2.05, 4.69) is 18.7 Å². The molecule has 0 radical (unpaired) electrons. The van der Waals surface area contributed by atoms with Gasteiger partial charge in [-0.25, -0.2) is 0 Å². The topological polar surface area (TPSA) is 76.1 Å². The van der Waals surface area contributed by atoms with Gasteiger partial charge >= 0.3 is 11.9 Å². The zero-order chi connectivity index (χ0) is 40.7. The zero-order valence-corrected chi connectivity index (χ0v) is 39.1. The van der Waals surface area contributed by atoms with Crippen LogP contribution in [0.4, 0.5) is 0 Å². The lowest BCUT2D eigenvalue weighted by Gasteiger charge is -2.22. The Morgan fingerprint density at radius 2 is 0.679 bits per heavy atom. The molecule has 334 valence electrons. The van der Waals surface area contributed by atoms with Gasteiger partial charge in [0.2, 0.25) is 0 Å². The van der Waals surface area contributed by atoms with Gasteiger partial charge in [-0.3, -0.25) is 9.59 Å². The molecule has 56 heavy (non-hydrogen) atoms. The van der Waals surface area contributed by atoms with E-state index in [-0.39, 0.29) is 18.5 Å². The molecule has 0 aromatic heterocycles. The van der Waals surface area contributed by atoms with Crippen molar-refractivity contribution >= 4 is 35.5 Å². The Balaban J connectivity index is 3.63. The van der Waals surface area contributed by atoms with Crippen LogP contribution in [0.25, 0.3) is 0 Å². The lowest BCUT2D eigenvalue weighted by atomic mass is 10.1. The van der Waals surface area contributed by atoms with Gasteiger partial charge in [-0.15, -0.1) is 0 Å². The number of nitrogens with zero attached hydrogens (tertiary/aromatic N) is 1. The second-order valence-electron chi connectivity index (χ2n) is 16.4. The van der Waals surface area contributed by atoms with Gasteiger partial charge in [0.25, 0.3) is 0 Å². The maximum atomic E-state index is 12.1. The summed E-state index contributed by atoms with van der Waals surface area (Å²) >= 11 is 3.46. The van der Waals surface area contributed by atoms with Crippen LogP contribution in [-0.2, 0) is 19.1 Å². The Bertz CT molecular complexity index is 731. The van der Waals surface area contributed by atoms with Crippen molar-refractivity contribution in [2.24, 2.45) is 0 Å². The van der Waals surface area contributed by atoms with E-state index in [4.69, 9.17) is 9.47 Å². The quantitative estimate of drug-likeness (QED) is 0.0480. The number of aliphatic hydroxyl groups is 1. The molecule has 0 rings (SSSR count). The van der Waals surface area contributed by atoms with Crippen LogP contribution < -0.4 is 0 Å². The lowest BCUT2D eigenvalue weighted by Crippen LogP contribution is -2.27. The lowest BCUT2D eigenvalue weighted by molar-refractivity contribution is -0.141. The van der Waals surface area contributed by atoms with Crippen LogP contribution in [0, 0.1) is 0 Å². The number of carbonyl (C=O) groups is 2. The first-order chi connectivity index (χ1) is 27.6. The molecule has 0 unspecified atom stereocenters. The second kappa shape index (κ2) is 48.9. The molecule has 0 aliphatic heterocycles. The molecule has 0 saturated heterocycles. The van der Waals surface area contributed by atoms with Gasteiger partial charge < -0.3 is 19.5 Å². The summed E-state index contributed by atoms with van der Waals surface area (Å²) in [6, 6.07) is 0. The third-order valence-electron chi connectivity index (χ3n) is 10.9. The number of ether oxygens (including phenoxy) is 2. The fourth-order valence-electron chi connectivity index (χ4n) is 7.22. The molecule has 0 fully saturated rings. The summed E-state index contributed by atoms with van der Waals surface area (Å²) < 4.78 is 11.0. The SMILES string of the molecule is CCCCCCCCCCCCCCSCC(=O)OCCCCCCN(CCCCO)CCCCCCOC(=O)CSCCCCCCCCCCCCCC. The van der Waals surface area contributed by atoms with Gasteiger partial charge in [-0.1, -0.05) is 181 Å². The predicted octanol–water partition coefficient (Wildman–Crippen LogP) is 14.1. The summed E-state index contributed by atoms with van der Waals surface area (Å²) in [5, 5.41) is 9.25. The highest BCUT2D eigenvalue weighted by Crippen LogP contribution is 2.16. The van der Waals surface area contributed by atoms with E-state index in [9.17, 15) is 14.7 Å². The number of esters is 2. The maximum absolute atomic E-state index is 12.1. The number of carbonyl (C=O) groups excluding carboxylic acids is 2. The molecule has 0 aromatic rings. The van der Waals surface area contributed by atoms with Crippen molar-refractivity contribution in [3.63, 3.8) is 0 Å². The van der Waals surface area contributed by atoms with Gasteiger partial charge in [0.1, 0.15) is 0 Å². The molecule has 0 aliphatic rings. The summed E-state index contributed by atoms with van der Waals surface area (Å²) in [7, 11) is 0. The molecule has 0 heterocycles. The minimum atomic E-state index is -0.0543. The average molecular weight is 830 g/mol. The fourth-order valence-corrected chi connectivity index (χ4v) is 8.83. The van der Waals surface area contributed by atoms with Crippen LogP contribution in [0.5, 0.6) is 0 Å². The highest BCUT2D eigenvalue weighted by Gasteiger charge is 2.07. The molecule has 0 amide bonds. The first-order valence-corrected chi connectivity index (χ1v) is 26.7. The number of hydrogen-bond donors (Lipinski definition) is 1. The van der Waals surface area contributed by atoms with E-state index in [0.29, 0.717) is 24.7 Å². The normalized spacial score (nSPS) is 11.5. The van der Waals surface area contributed by atoms with Crippen molar-refractivity contribution in [1.82, 2.24) is 4.90 Å². The summed E-state index contributed by atoms with van der Waals surface area (Å²) in [6.07, 6.45) is 43.4. The number of unbranched alkanes of at least 4 members (excludes halogenated alkanes) is 29. The van der Waals surface area contributed by atoms with Crippen LogP contribution in [-0.4, -0.2) is 84.4 Å². The Kier molecular flexibility index (Phi) is 48.5. The van der Waals surface area contributed by atoms with E-state index in [1.165, 1.54) is 154 Å². The van der Waals surface area contributed by atoms with Crippen molar-refractivity contribution in [1.29, 1.82) is 0 Å². The average Bonchev–Trinajstić information content (AvgIpc) is 3.20. The second-order valence-corrected chi connectivity index (χ2v) is 18.6. The molecule has 6 nitrogen and oxygen atoms in total. The van der Waals surface area contributed by atoms with Crippen LogP contribution in [0.1, 0.15) is 232 Å². The number of hydrogen-bond acceptors (Lipinski definition) is 8. The monoisotopic (exact) mass is 830 g/mol. The number of rotatable bonds is 48. The summed E-state index contributed by atoms with van der Waals surface area (Å²) in [5.74, 6) is 3.00. The van der Waals surface area contributed by atoms with E-state index >= 15 is 0 Å². The van der Waals surface area contributed by atoms with Crippen LogP contribution in [0.15, 0.2) is 0 Å². The Labute approximate surface area is 357 Å². The molecular formula is C48H95NO5S2. The van der Waals surface area contributed by atoms with E-state index in [1.54, 1.807) is 23.5 Å². The van der Waals surface area contributed by atoms with Crippen molar-refractivity contribution < 1.29 is 24.2 Å². The summed E-state index contributed by atoms with van der Waals surface area (Å²) in [6.45, 7) is 9.15. The van der Waals surface area contributed by atoms with Gasteiger partial charge in [-0.05, 0) is 82.5 Å². The molecular weight excluding hydrogens is 735 g/mol. The first-order valence-electron chi connectivity index (χ1n) is 24.4. The van der Waals surface area contributed by atoms with Crippen LogP contribution in [0.2, 0.25) is 0 Å². The molecule has 0 atom stereocenters. The van der Waals surface area contributed by atoms with E-state index in [0.717, 1.165) is 95.3 Å². The fraction of sp³-hybridized carbons (Fsp3) is 0.958. The standard InChI is InChI=1S/C48H95NO5S2/c1-3-5-7-9-11-13-15-17-19-21-27-35-43-55-45-47(51)53-41-33-25-23-29-37-49(39-31-32-40-50)38-30-24-26-34-42-54-48(52)46-56-44-36-28-22-20-18-16-14-12-10-8-6-4-2/h50H,3-46H2,1-2H3. The van der Waals surface area contributed by atoms with Crippen molar-refractivity contribution in [3.8, 4) is 0 Å². The van der Waals surface area contributed by atoms with Crippen LogP contribution >= 0.6 is 23.5 Å². The molecule has 0 spiro atoms. The Morgan fingerprint density at radius 1 is 0.393 bits per heavy atom. The largest absolute Gasteiger partial charge is 0.465 e. The van der Waals surface area contributed by atoms with E-state index in [1.807, 2.05) is 0 Å². The highest BCUT2D eigenvalue weighted by atomic mass is 32.2. The highest BCUT2D eigenvalue weighted by molar-refractivity contribution is 8.00. The van der Waals surface area contributed by atoms with Crippen molar-refractivity contribution in [2.45, 2.75) is 232 Å². The molecule has 0 saturated carbocycles. The smallest absolute Gasteiger partial charge is 0.315 e. The van der Waals surface area contributed by atoms with Gasteiger partial charge in [-0.2, -0.15) is 23.5 Å². The predicted molar refractivity (Wildman–Crippen MR) is 248 cm³/mol. The third-order valence-corrected chi connectivity index (χ3v) is 12.9. The summed E-state index contributed by atoms with van der Waals surface area (Å²) in [5.41, 5.74) is 0.